The van der Waals surface area contributed by atoms with E-state index in [1.54, 1.807) is 7.11 Å². The van der Waals surface area contributed by atoms with Gasteiger partial charge in [0.25, 0.3) is 0 Å². The number of pyridine rings is 1. The molecule has 0 saturated carbocycles. The quantitative estimate of drug-likeness (QED) is 0.629. The number of methoxy groups -OCH3 is 1. The maximum Gasteiger partial charge on any atom is 0.205 e. The topological polar surface area (TPSA) is 22.3 Å². The van der Waals surface area contributed by atoms with Gasteiger partial charge < -0.3 is 9.47 Å². The Kier molecular flexibility index (Phi) is 4.51. The van der Waals surface area contributed by atoms with Crippen molar-refractivity contribution in [2.24, 2.45) is 7.05 Å². The number of fused-ring (bicyclic) bond motifs is 1. The molecule has 0 aliphatic carbocycles. The van der Waals surface area contributed by atoms with Crippen LogP contribution >= 0.6 is 0 Å². The fraction of sp³-hybridized carbons (Fsp3) is 0.125. The second-order valence-corrected chi connectivity index (χ2v) is 6.67. The van der Waals surface area contributed by atoms with Crippen molar-refractivity contribution in [3.05, 3.63) is 95.3 Å². The zero-order chi connectivity index (χ0) is 18.8. The number of nitrogens with zero attached hydrogens (tertiary/aromatic N) is 1. The Labute approximate surface area is 159 Å². The molecule has 0 unspecified atom stereocenters. The Morgan fingerprint density at radius 1 is 1.00 bits per heavy atom. The first-order valence-electron chi connectivity index (χ1n) is 8.95. The molecule has 134 valence electrons. The van der Waals surface area contributed by atoms with Gasteiger partial charge in [0.05, 0.1) is 7.11 Å². The number of hydrogen-bond acceptors (Lipinski definition) is 2. The second kappa shape index (κ2) is 7.12. The number of ether oxygens (including phenoxy) is 2. The Morgan fingerprint density at radius 2 is 1.81 bits per heavy atom. The van der Waals surface area contributed by atoms with Crippen LogP contribution in [-0.4, -0.2) is 7.11 Å². The monoisotopic (exact) mass is 356 g/mol. The van der Waals surface area contributed by atoms with Gasteiger partial charge in [-0.25, -0.2) is 4.57 Å². The van der Waals surface area contributed by atoms with Crippen LogP contribution in [0.2, 0.25) is 0 Å². The average Bonchev–Trinajstić information content (AvgIpc) is 2.69. The van der Waals surface area contributed by atoms with E-state index in [9.17, 15) is 0 Å². The zero-order valence-corrected chi connectivity index (χ0v) is 15.8. The van der Waals surface area contributed by atoms with Crippen LogP contribution in [0.5, 0.6) is 11.5 Å². The first kappa shape index (κ1) is 17.1. The summed E-state index contributed by atoms with van der Waals surface area (Å²) in [5.41, 5.74) is 5.56. The number of aromatic nitrogens is 1. The van der Waals surface area contributed by atoms with E-state index >= 15 is 0 Å². The highest BCUT2D eigenvalue weighted by atomic mass is 16.5. The van der Waals surface area contributed by atoms with Crippen molar-refractivity contribution in [2.45, 2.75) is 6.92 Å². The minimum absolute atomic E-state index is 0.781. The molecule has 0 amide bonds. The van der Waals surface area contributed by atoms with E-state index in [4.69, 9.17) is 9.47 Å². The third kappa shape index (κ3) is 3.49. The molecule has 0 N–H and O–H groups in total. The number of aryl methyl sites for hydroxylation is 2. The Bertz CT molecular complexity index is 1050. The highest BCUT2D eigenvalue weighted by Gasteiger charge is 2.20. The van der Waals surface area contributed by atoms with Gasteiger partial charge in [0, 0.05) is 35.4 Å². The molecule has 3 nitrogen and oxygen atoms in total. The number of allylic oxidation sites excluding steroid dienone is 2. The fourth-order valence-electron chi connectivity index (χ4n) is 3.14. The Balaban J connectivity index is 1.86. The molecule has 27 heavy (non-hydrogen) atoms. The minimum atomic E-state index is 0.781. The summed E-state index contributed by atoms with van der Waals surface area (Å²) in [6.07, 6.45) is 6.33. The molecule has 1 aliphatic heterocycles. The third-order valence-electron chi connectivity index (χ3n) is 4.74. The minimum Gasteiger partial charge on any atom is -0.497 e. The lowest BCUT2D eigenvalue weighted by atomic mass is 9.98. The van der Waals surface area contributed by atoms with Gasteiger partial charge >= 0.3 is 0 Å². The highest BCUT2D eigenvalue weighted by molar-refractivity contribution is 5.95. The van der Waals surface area contributed by atoms with Crippen LogP contribution in [0.1, 0.15) is 22.4 Å². The Morgan fingerprint density at radius 3 is 2.56 bits per heavy atom. The standard InChI is InChI=1S/C24H22NO2/c1-17-7-9-18(10-8-17)23-15-19(14-20-6-4-5-13-25(20)2)22-12-11-21(26-3)16-24(22)27-23/h4-16H,1-3H3/q+1/b19-14+. The molecule has 4 rings (SSSR count). The molecule has 1 aliphatic rings. The molecule has 0 atom stereocenters. The average molecular weight is 356 g/mol. The van der Waals surface area contributed by atoms with Crippen molar-refractivity contribution in [2.75, 3.05) is 7.11 Å². The maximum absolute atomic E-state index is 6.23. The lowest BCUT2D eigenvalue weighted by Gasteiger charge is -2.21. The lowest BCUT2D eigenvalue weighted by molar-refractivity contribution is -0.673. The van der Waals surface area contributed by atoms with Crippen LogP contribution in [0, 0.1) is 6.92 Å². The molecule has 0 bridgehead atoms. The van der Waals surface area contributed by atoms with Crippen LogP contribution in [0.25, 0.3) is 17.4 Å². The lowest BCUT2D eigenvalue weighted by Crippen LogP contribution is -2.30. The van der Waals surface area contributed by atoms with E-state index in [0.717, 1.165) is 39.7 Å². The van der Waals surface area contributed by atoms with Crippen molar-refractivity contribution in [1.29, 1.82) is 0 Å². The third-order valence-corrected chi connectivity index (χ3v) is 4.74. The predicted octanol–water partition coefficient (Wildman–Crippen LogP) is 4.80. The highest BCUT2D eigenvalue weighted by Crippen LogP contribution is 2.39. The summed E-state index contributed by atoms with van der Waals surface area (Å²) in [6, 6.07) is 20.5. The molecule has 0 radical (unpaired) electrons. The van der Waals surface area contributed by atoms with Crippen molar-refractivity contribution in [3.8, 4) is 11.5 Å². The van der Waals surface area contributed by atoms with Crippen LogP contribution in [0.4, 0.5) is 0 Å². The van der Waals surface area contributed by atoms with E-state index in [1.165, 1.54) is 5.56 Å². The summed E-state index contributed by atoms with van der Waals surface area (Å²) in [5, 5.41) is 0. The van der Waals surface area contributed by atoms with Gasteiger partial charge in [0.15, 0.2) is 6.20 Å². The summed E-state index contributed by atoms with van der Waals surface area (Å²) in [4.78, 5) is 0. The second-order valence-electron chi connectivity index (χ2n) is 6.67. The first-order valence-corrected chi connectivity index (χ1v) is 8.95. The van der Waals surface area contributed by atoms with Gasteiger partial charge in [-0.2, -0.15) is 0 Å². The number of hydrogen-bond donors (Lipinski definition) is 0. The fourth-order valence-corrected chi connectivity index (χ4v) is 3.14. The van der Waals surface area contributed by atoms with Gasteiger partial charge in [-0.1, -0.05) is 29.8 Å². The van der Waals surface area contributed by atoms with E-state index in [2.05, 4.69) is 54.0 Å². The smallest absolute Gasteiger partial charge is 0.205 e. The molecule has 1 aromatic heterocycles. The number of benzene rings is 2. The van der Waals surface area contributed by atoms with Crippen LogP contribution in [0.3, 0.4) is 0 Å². The van der Waals surface area contributed by atoms with Crippen molar-refractivity contribution in [3.63, 3.8) is 0 Å². The maximum atomic E-state index is 6.23. The molecule has 3 aromatic rings. The van der Waals surface area contributed by atoms with E-state index in [-0.39, 0.29) is 0 Å². The summed E-state index contributed by atoms with van der Waals surface area (Å²) in [6.45, 7) is 2.08. The molecule has 3 heteroatoms. The van der Waals surface area contributed by atoms with Crippen LogP contribution < -0.4 is 14.0 Å². The van der Waals surface area contributed by atoms with E-state index in [0.29, 0.717) is 0 Å². The summed E-state index contributed by atoms with van der Waals surface area (Å²) < 4.78 is 13.7. The molecule has 2 heterocycles. The van der Waals surface area contributed by atoms with Gasteiger partial charge in [0.2, 0.25) is 5.69 Å². The Hall–Kier alpha value is -3.33. The molecule has 0 saturated heterocycles. The van der Waals surface area contributed by atoms with E-state index in [1.807, 2.05) is 43.6 Å². The molecule has 0 fully saturated rings. The van der Waals surface area contributed by atoms with Gasteiger partial charge in [-0.15, -0.1) is 0 Å². The zero-order valence-electron chi connectivity index (χ0n) is 15.8. The summed E-state index contributed by atoms with van der Waals surface area (Å²) >= 11 is 0. The van der Waals surface area contributed by atoms with Gasteiger partial charge in [-0.3, -0.25) is 0 Å². The van der Waals surface area contributed by atoms with Crippen LogP contribution in [0.15, 0.2) is 72.9 Å². The predicted molar refractivity (Wildman–Crippen MR) is 108 cm³/mol. The molecular formula is C24H22NO2+. The van der Waals surface area contributed by atoms with Crippen molar-refractivity contribution in [1.82, 2.24) is 0 Å². The summed E-state index contributed by atoms with van der Waals surface area (Å²) in [5.74, 6) is 2.42. The largest absolute Gasteiger partial charge is 0.497 e. The molecule has 0 spiro atoms. The van der Waals surface area contributed by atoms with Gasteiger partial charge in [-0.05, 0) is 36.8 Å². The van der Waals surface area contributed by atoms with Crippen molar-refractivity contribution >= 4 is 17.4 Å². The molecule has 2 aromatic carbocycles. The van der Waals surface area contributed by atoms with Crippen LogP contribution in [-0.2, 0) is 7.05 Å². The van der Waals surface area contributed by atoms with Gasteiger partial charge in [0.1, 0.15) is 24.3 Å². The first-order chi connectivity index (χ1) is 13.1. The number of rotatable bonds is 3. The summed E-state index contributed by atoms with van der Waals surface area (Å²) in [7, 11) is 3.72. The molecular weight excluding hydrogens is 334 g/mol. The normalized spacial score (nSPS) is 14.3. The van der Waals surface area contributed by atoms with E-state index < -0.39 is 0 Å². The SMILES string of the molecule is COc1ccc2c(c1)OC(c1ccc(C)cc1)=C/C2=C\c1cccc[n+]1C. The van der Waals surface area contributed by atoms with Crippen molar-refractivity contribution < 1.29 is 14.0 Å².